The zero-order valence-corrected chi connectivity index (χ0v) is 31.8. The van der Waals surface area contributed by atoms with Crippen LogP contribution in [0.2, 0.25) is 0 Å². The van der Waals surface area contributed by atoms with E-state index in [0.717, 1.165) is 16.2 Å². The van der Waals surface area contributed by atoms with Crippen molar-refractivity contribution in [2.45, 2.75) is 55.6 Å². The molecule has 2 aliphatic rings. The molecule has 0 unspecified atom stereocenters. The number of nitrogens with one attached hydrogen (secondary N) is 2. The molecule has 302 valence electrons. The van der Waals surface area contributed by atoms with Gasteiger partial charge in [-0.2, -0.15) is 11.8 Å². The van der Waals surface area contributed by atoms with E-state index >= 15 is 0 Å². The molecule has 4 amide bonds. The summed E-state index contributed by atoms with van der Waals surface area (Å²) in [4.78, 5) is 77.6. The standard InChI is InChI=1S/C37H42N8O11S/c1-54-30-12-6-26(7-13-30)23-57-31-18-32(43(20-31)37(49)56-22-25-4-10-29(11-5-25)45(52)53)34(47)41-16-14-27(19-41)40-33(46)15-17-42(35(38)39)36(48)55-21-24-2-8-28(9-3-24)44(50)51/h2-13,27,31-32H,14-23H2,1H3,(H3,38,39)(H,40,46)/t27-,31-,32-/m0/s1. The van der Waals surface area contributed by atoms with Crippen molar-refractivity contribution in [2.75, 3.05) is 33.3 Å². The summed E-state index contributed by atoms with van der Waals surface area (Å²) in [6.45, 7) is 0.122. The van der Waals surface area contributed by atoms with E-state index in [0.29, 0.717) is 36.3 Å². The molecule has 0 aliphatic carbocycles. The van der Waals surface area contributed by atoms with Crippen LogP contribution >= 0.6 is 11.8 Å². The number of thioether (sulfide) groups is 1. The summed E-state index contributed by atoms with van der Waals surface area (Å²) in [5, 5.41) is 32.4. The number of ether oxygens (including phenoxy) is 3. The number of guanidine groups is 1. The summed E-state index contributed by atoms with van der Waals surface area (Å²) >= 11 is 1.61. The number of nitro benzene ring substituents is 2. The molecule has 57 heavy (non-hydrogen) atoms. The van der Waals surface area contributed by atoms with Gasteiger partial charge in [-0.05, 0) is 65.9 Å². The summed E-state index contributed by atoms with van der Waals surface area (Å²) in [6, 6.07) is 17.4. The van der Waals surface area contributed by atoms with Gasteiger partial charge in [0.05, 0.1) is 17.0 Å². The van der Waals surface area contributed by atoms with Crippen molar-refractivity contribution in [3.8, 4) is 5.75 Å². The number of hydrogen-bond acceptors (Lipinski definition) is 13. The topological polar surface area (TPSA) is 254 Å². The average Bonchev–Trinajstić information content (AvgIpc) is 3.86. The van der Waals surface area contributed by atoms with Gasteiger partial charge in [-0.25, -0.2) is 14.5 Å². The largest absolute Gasteiger partial charge is 0.497 e. The van der Waals surface area contributed by atoms with Crippen molar-refractivity contribution in [1.82, 2.24) is 20.0 Å². The smallest absolute Gasteiger partial charge is 0.416 e. The SMILES string of the molecule is COc1ccc(CS[C@H]2C[C@@H](C(=O)N3CC[C@H](NC(=O)CCN(C(=N)N)C(=O)OCc4ccc([N+](=O)[O-])cc4)C3)N(C(=O)OCc3ccc([N+](=O)[O-])cc3)C2)cc1. The Labute approximate surface area is 331 Å². The number of carbonyl (C=O) groups excluding carboxylic acids is 4. The van der Waals surface area contributed by atoms with Crippen LogP contribution in [0, 0.1) is 25.6 Å². The third-order valence-electron chi connectivity index (χ3n) is 9.38. The Morgan fingerprint density at radius 2 is 1.47 bits per heavy atom. The lowest BCUT2D eigenvalue weighted by Crippen LogP contribution is -2.48. The number of methoxy groups -OCH3 is 1. The maximum Gasteiger partial charge on any atom is 0.416 e. The van der Waals surface area contributed by atoms with E-state index in [-0.39, 0.29) is 61.8 Å². The second-order valence-electron chi connectivity index (χ2n) is 13.3. The van der Waals surface area contributed by atoms with Crippen LogP contribution in [0.5, 0.6) is 5.75 Å². The van der Waals surface area contributed by atoms with Gasteiger partial charge < -0.3 is 30.2 Å². The molecular formula is C37H42N8O11S. The molecule has 0 spiro atoms. The van der Waals surface area contributed by atoms with Crippen LogP contribution in [0.3, 0.4) is 0 Å². The summed E-state index contributed by atoms with van der Waals surface area (Å²) in [6.07, 6.45) is -1.07. The van der Waals surface area contributed by atoms with Gasteiger partial charge in [-0.1, -0.05) is 12.1 Å². The van der Waals surface area contributed by atoms with Crippen molar-refractivity contribution >= 4 is 53.1 Å². The van der Waals surface area contributed by atoms with E-state index in [1.54, 1.807) is 23.8 Å². The molecule has 19 nitrogen and oxygen atoms in total. The van der Waals surface area contributed by atoms with Gasteiger partial charge >= 0.3 is 12.2 Å². The Kier molecular flexibility index (Phi) is 14.2. The van der Waals surface area contributed by atoms with Crippen LogP contribution in [-0.2, 0) is 38.0 Å². The molecule has 3 aromatic carbocycles. The summed E-state index contributed by atoms with van der Waals surface area (Å²) in [7, 11) is 1.59. The second kappa shape index (κ2) is 19.4. The highest BCUT2D eigenvalue weighted by Gasteiger charge is 2.44. The van der Waals surface area contributed by atoms with Crippen molar-refractivity contribution in [1.29, 1.82) is 5.41 Å². The highest BCUT2D eigenvalue weighted by Crippen LogP contribution is 2.33. The molecule has 2 saturated heterocycles. The zero-order valence-electron chi connectivity index (χ0n) is 30.9. The van der Waals surface area contributed by atoms with Crippen LogP contribution in [0.15, 0.2) is 72.8 Å². The van der Waals surface area contributed by atoms with Crippen molar-refractivity contribution < 1.29 is 43.2 Å². The fourth-order valence-corrected chi connectivity index (χ4v) is 7.49. The molecule has 4 N–H and O–H groups in total. The number of carbonyl (C=O) groups is 4. The predicted molar refractivity (Wildman–Crippen MR) is 206 cm³/mol. The molecule has 0 aromatic heterocycles. The van der Waals surface area contributed by atoms with E-state index in [1.807, 2.05) is 24.3 Å². The van der Waals surface area contributed by atoms with E-state index < -0.39 is 46.0 Å². The normalized spacial score (nSPS) is 17.4. The van der Waals surface area contributed by atoms with Crippen LogP contribution in [-0.4, -0.2) is 105 Å². The second-order valence-corrected chi connectivity index (χ2v) is 14.6. The molecule has 2 heterocycles. The van der Waals surface area contributed by atoms with Crippen molar-refractivity contribution in [3.63, 3.8) is 0 Å². The van der Waals surface area contributed by atoms with Gasteiger partial charge in [0, 0.05) is 73.9 Å². The Morgan fingerprint density at radius 3 is 2.04 bits per heavy atom. The fraction of sp³-hybridized carbons (Fsp3) is 0.378. The zero-order chi connectivity index (χ0) is 41.1. The first-order valence-electron chi connectivity index (χ1n) is 17.8. The number of nitrogens with zero attached hydrogens (tertiary/aromatic N) is 5. The summed E-state index contributed by atoms with van der Waals surface area (Å²) < 4.78 is 16.0. The van der Waals surface area contributed by atoms with E-state index in [9.17, 15) is 39.4 Å². The third-order valence-corrected chi connectivity index (χ3v) is 10.7. The highest BCUT2D eigenvalue weighted by molar-refractivity contribution is 7.99. The molecule has 3 atom stereocenters. The van der Waals surface area contributed by atoms with Crippen molar-refractivity contribution in [2.24, 2.45) is 5.73 Å². The molecule has 0 saturated carbocycles. The number of non-ortho nitro benzene ring substituents is 2. The molecule has 20 heteroatoms. The highest BCUT2D eigenvalue weighted by atomic mass is 32.2. The number of benzene rings is 3. The quantitative estimate of drug-likeness (QED) is 0.0845. The molecular weight excluding hydrogens is 765 g/mol. The molecule has 5 rings (SSSR count). The number of rotatable bonds is 15. The predicted octanol–water partition coefficient (Wildman–Crippen LogP) is 4.16. The molecule has 2 aliphatic heterocycles. The lowest BCUT2D eigenvalue weighted by atomic mass is 10.2. The summed E-state index contributed by atoms with van der Waals surface area (Å²) in [5.74, 6) is -0.00516. The van der Waals surface area contributed by atoms with Crippen molar-refractivity contribution in [3.05, 3.63) is 110 Å². The minimum absolute atomic E-state index is 0.0869. The van der Waals surface area contributed by atoms with Crippen LogP contribution < -0.4 is 15.8 Å². The van der Waals surface area contributed by atoms with Crippen LogP contribution in [0.1, 0.15) is 36.0 Å². The van der Waals surface area contributed by atoms with E-state index in [2.05, 4.69) is 5.32 Å². The lowest BCUT2D eigenvalue weighted by molar-refractivity contribution is -0.385. The Hall–Kier alpha value is -6.44. The monoisotopic (exact) mass is 806 g/mol. The fourth-order valence-electron chi connectivity index (χ4n) is 6.28. The van der Waals surface area contributed by atoms with E-state index in [1.165, 1.54) is 53.4 Å². The number of nitrogens with two attached hydrogens (primary N) is 1. The average molecular weight is 807 g/mol. The minimum Gasteiger partial charge on any atom is -0.497 e. The molecule has 2 fully saturated rings. The number of likely N-dealkylation sites (tertiary alicyclic amines) is 2. The summed E-state index contributed by atoms with van der Waals surface area (Å²) in [5.41, 5.74) is 7.42. The maximum absolute atomic E-state index is 14.0. The molecule has 0 bridgehead atoms. The molecule has 0 radical (unpaired) electrons. The van der Waals surface area contributed by atoms with Crippen LogP contribution in [0.4, 0.5) is 21.0 Å². The first kappa shape index (κ1) is 41.7. The maximum atomic E-state index is 14.0. The number of hydrogen-bond donors (Lipinski definition) is 3. The molecule has 3 aromatic rings. The number of nitro groups is 2. The first-order valence-corrected chi connectivity index (χ1v) is 18.9. The Morgan fingerprint density at radius 1 is 0.895 bits per heavy atom. The van der Waals surface area contributed by atoms with Gasteiger partial charge in [0.15, 0.2) is 5.96 Å². The van der Waals surface area contributed by atoms with E-state index in [4.69, 9.17) is 25.4 Å². The first-order chi connectivity index (χ1) is 27.3. The lowest BCUT2D eigenvalue weighted by Gasteiger charge is -2.27. The van der Waals surface area contributed by atoms with Gasteiger partial charge in [0.25, 0.3) is 11.4 Å². The Bertz CT molecular complexity index is 1950. The van der Waals surface area contributed by atoms with Crippen LogP contribution in [0.25, 0.3) is 0 Å². The Balaban J connectivity index is 1.14. The third kappa shape index (κ3) is 11.5. The van der Waals surface area contributed by atoms with Gasteiger partial charge in [0.1, 0.15) is 25.0 Å². The number of amides is 4. The van der Waals surface area contributed by atoms with Gasteiger partial charge in [-0.15, -0.1) is 0 Å². The van der Waals surface area contributed by atoms with Gasteiger partial charge in [-0.3, -0.25) is 40.1 Å². The van der Waals surface area contributed by atoms with Gasteiger partial charge in [0.2, 0.25) is 11.8 Å². The minimum atomic E-state index is -0.973.